The van der Waals surface area contributed by atoms with Gasteiger partial charge in [-0.3, -0.25) is 9.59 Å². The van der Waals surface area contributed by atoms with Crippen molar-refractivity contribution in [2.24, 2.45) is 0 Å². The molecule has 11 nitrogen and oxygen atoms in total. The normalized spacial score (nSPS) is 13.1. The van der Waals surface area contributed by atoms with E-state index in [4.69, 9.17) is 34.8 Å². The highest BCUT2D eigenvalue weighted by Gasteiger charge is 2.28. The third kappa shape index (κ3) is 5.44. The van der Waals surface area contributed by atoms with Crippen molar-refractivity contribution in [3.05, 3.63) is 74.4 Å². The molecule has 38 heavy (non-hydrogen) atoms. The Morgan fingerprint density at radius 3 is 2.61 bits per heavy atom. The molecule has 0 bridgehead atoms. The van der Waals surface area contributed by atoms with Crippen LogP contribution >= 0.6 is 34.8 Å². The van der Waals surface area contributed by atoms with Crippen LogP contribution in [-0.4, -0.2) is 52.8 Å². The van der Waals surface area contributed by atoms with Crippen LogP contribution in [-0.2, 0) is 6.54 Å². The molecule has 0 atom stereocenters. The van der Waals surface area contributed by atoms with Crippen molar-refractivity contribution < 1.29 is 18.4 Å². The summed E-state index contributed by atoms with van der Waals surface area (Å²) in [5, 5.41) is 20.4. The number of alkyl halides is 2. The maximum absolute atomic E-state index is 13.5. The molecule has 1 aromatic carbocycles. The lowest BCUT2D eigenvalue weighted by molar-refractivity contribution is 0.0952. The van der Waals surface area contributed by atoms with Gasteiger partial charge in [-0.15, -0.1) is 5.10 Å². The number of pyridine rings is 1. The number of hydrogen-bond acceptors (Lipinski definition) is 7. The number of amides is 2. The largest absolute Gasteiger partial charge is 0.349 e. The molecule has 3 aromatic heterocycles. The molecule has 2 N–H and O–H groups in total. The van der Waals surface area contributed by atoms with Crippen molar-refractivity contribution in [3.8, 4) is 5.82 Å². The number of carbonyl (C=O) groups excluding carboxylic acids is 2. The summed E-state index contributed by atoms with van der Waals surface area (Å²) < 4.78 is 28.5. The lowest BCUT2D eigenvalue weighted by Crippen LogP contribution is -2.27. The van der Waals surface area contributed by atoms with Crippen LogP contribution in [0.5, 0.6) is 0 Å². The number of rotatable bonds is 8. The number of benzene rings is 1. The van der Waals surface area contributed by atoms with Gasteiger partial charge in [0.15, 0.2) is 5.82 Å². The first-order valence-corrected chi connectivity index (χ1v) is 12.2. The fourth-order valence-corrected chi connectivity index (χ4v) is 4.29. The van der Waals surface area contributed by atoms with Crippen LogP contribution in [0.1, 0.15) is 51.6 Å². The van der Waals surface area contributed by atoms with E-state index in [1.54, 1.807) is 12.1 Å². The van der Waals surface area contributed by atoms with Gasteiger partial charge in [-0.1, -0.05) is 34.8 Å². The van der Waals surface area contributed by atoms with Crippen LogP contribution in [0.2, 0.25) is 15.1 Å². The molecule has 16 heteroatoms. The first kappa shape index (κ1) is 25.9. The molecule has 1 saturated carbocycles. The van der Waals surface area contributed by atoms with E-state index in [9.17, 15) is 18.4 Å². The third-order valence-corrected chi connectivity index (χ3v) is 6.26. The summed E-state index contributed by atoms with van der Waals surface area (Å²) in [6.45, 7) is -0.277. The zero-order valence-corrected chi connectivity index (χ0v) is 21.3. The highest BCUT2D eigenvalue weighted by Crippen LogP contribution is 2.32. The van der Waals surface area contributed by atoms with Crippen LogP contribution in [0.15, 0.2) is 36.5 Å². The van der Waals surface area contributed by atoms with E-state index in [1.807, 2.05) is 0 Å². The smallest absolute Gasteiger partial charge is 0.298 e. The van der Waals surface area contributed by atoms with Gasteiger partial charge < -0.3 is 10.6 Å². The Kier molecular flexibility index (Phi) is 7.23. The highest BCUT2D eigenvalue weighted by molar-refractivity contribution is 6.38. The van der Waals surface area contributed by atoms with Gasteiger partial charge in [0.05, 0.1) is 33.5 Å². The maximum Gasteiger partial charge on any atom is 0.298 e. The molecule has 1 aliphatic carbocycles. The molecule has 4 aromatic rings. The predicted octanol–water partition coefficient (Wildman–Crippen LogP) is 4.34. The lowest BCUT2D eigenvalue weighted by atomic mass is 10.1. The van der Waals surface area contributed by atoms with E-state index in [2.05, 4.69) is 36.2 Å². The summed E-state index contributed by atoms with van der Waals surface area (Å²) in [6.07, 6.45) is 0.218. The Balaban J connectivity index is 1.53. The number of anilines is 1. The van der Waals surface area contributed by atoms with Gasteiger partial charge in [0, 0.05) is 17.3 Å². The van der Waals surface area contributed by atoms with Gasteiger partial charge in [-0.05, 0) is 53.6 Å². The summed E-state index contributed by atoms with van der Waals surface area (Å²) in [7, 11) is 0. The van der Waals surface area contributed by atoms with E-state index in [0.717, 1.165) is 22.2 Å². The molecule has 5 rings (SSSR count). The molecule has 1 fully saturated rings. The van der Waals surface area contributed by atoms with E-state index < -0.39 is 24.1 Å². The number of aromatic nitrogens is 7. The van der Waals surface area contributed by atoms with Gasteiger partial charge in [-0.25, -0.2) is 23.1 Å². The number of carbonyl (C=O) groups is 2. The van der Waals surface area contributed by atoms with Crippen molar-refractivity contribution in [3.63, 3.8) is 0 Å². The first-order chi connectivity index (χ1) is 18.2. The van der Waals surface area contributed by atoms with Crippen molar-refractivity contribution >= 4 is 52.3 Å². The lowest BCUT2D eigenvalue weighted by Gasteiger charge is -2.14. The van der Waals surface area contributed by atoms with Crippen molar-refractivity contribution in [1.82, 2.24) is 40.3 Å². The minimum absolute atomic E-state index is 0.0288. The summed E-state index contributed by atoms with van der Waals surface area (Å²) in [6, 6.07) is 7.29. The highest BCUT2D eigenvalue weighted by atomic mass is 35.5. The molecule has 3 heterocycles. The second-order valence-electron chi connectivity index (χ2n) is 8.25. The van der Waals surface area contributed by atoms with Crippen molar-refractivity contribution in [1.29, 1.82) is 0 Å². The average Bonchev–Trinajstić information content (AvgIpc) is 3.39. The number of halogens is 5. The summed E-state index contributed by atoms with van der Waals surface area (Å²) >= 11 is 18.8. The van der Waals surface area contributed by atoms with E-state index in [0.29, 0.717) is 0 Å². The number of nitrogens with zero attached hydrogens (tertiary/aromatic N) is 7. The molecule has 2 amide bonds. The summed E-state index contributed by atoms with van der Waals surface area (Å²) in [4.78, 5) is 30.5. The van der Waals surface area contributed by atoms with E-state index in [-0.39, 0.29) is 56.1 Å². The second-order valence-corrected chi connectivity index (χ2v) is 9.50. The zero-order valence-electron chi connectivity index (χ0n) is 19.1. The van der Waals surface area contributed by atoms with Crippen LogP contribution in [0.4, 0.5) is 14.5 Å². The van der Waals surface area contributed by atoms with Crippen LogP contribution in [0, 0.1) is 0 Å². The Labute approximate surface area is 228 Å². The minimum atomic E-state index is -2.92. The SMILES string of the molecule is O=C(NC1CC1)c1cc(Cl)cc(Cl)c1NC(=O)c1cc(Cn2nnnc2C(F)F)nn1-c1ncccc1Cl. The summed E-state index contributed by atoms with van der Waals surface area (Å²) in [5.74, 6) is -1.75. The molecule has 0 spiro atoms. The Bertz CT molecular complexity index is 1540. The monoisotopic (exact) mass is 581 g/mol. The summed E-state index contributed by atoms with van der Waals surface area (Å²) in [5.41, 5.74) is 0.174. The first-order valence-electron chi connectivity index (χ1n) is 11.1. The van der Waals surface area contributed by atoms with Gasteiger partial charge in [-0.2, -0.15) is 5.10 Å². The van der Waals surface area contributed by atoms with Crippen LogP contribution in [0.25, 0.3) is 5.82 Å². The van der Waals surface area contributed by atoms with Crippen LogP contribution < -0.4 is 10.6 Å². The van der Waals surface area contributed by atoms with Gasteiger partial charge in [0.2, 0.25) is 5.82 Å². The van der Waals surface area contributed by atoms with Crippen molar-refractivity contribution in [2.75, 3.05) is 5.32 Å². The fourth-order valence-electron chi connectivity index (χ4n) is 3.55. The average molecular weight is 583 g/mol. The molecule has 0 radical (unpaired) electrons. The van der Waals surface area contributed by atoms with E-state index in [1.165, 1.54) is 24.4 Å². The van der Waals surface area contributed by atoms with Gasteiger partial charge in [0.25, 0.3) is 18.2 Å². The van der Waals surface area contributed by atoms with Crippen LogP contribution in [0.3, 0.4) is 0 Å². The number of tetrazole rings is 1. The Morgan fingerprint density at radius 2 is 1.89 bits per heavy atom. The standard InChI is InChI=1S/C22H16Cl3F2N9O2/c23-10-6-13(21(37)29-11-3-4-11)17(15(25)7-10)30-22(38)16-8-12(9-35-20(18(26)27)31-33-34-35)32-36(16)19-14(24)2-1-5-28-19/h1-2,5-8,11,18H,3-4,9H2,(H,29,37)(H,30,38). The molecule has 0 aliphatic heterocycles. The molecular weight excluding hydrogens is 567 g/mol. The molecule has 0 unspecified atom stereocenters. The maximum atomic E-state index is 13.5. The zero-order chi connectivity index (χ0) is 27.0. The third-order valence-electron chi connectivity index (χ3n) is 5.45. The van der Waals surface area contributed by atoms with E-state index >= 15 is 0 Å². The Hall–Kier alpha value is -3.68. The van der Waals surface area contributed by atoms with Crippen molar-refractivity contribution in [2.45, 2.75) is 31.9 Å². The molecule has 196 valence electrons. The fraction of sp³-hybridized carbons (Fsp3) is 0.227. The molecule has 0 saturated heterocycles. The number of nitrogens with one attached hydrogen (secondary N) is 2. The van der Waals surface area contributed by atoms with Gasteiger partial charge in [0.1, 0.15) is 5.69 Å². The minimum Gasteiger partial charge on any atom is -0.349 e. The van der Waals surface area contributed by atoms with Gasteiger partial charge >= 0.3 is 0 Å². The quantitative estimate of drug-likeness (QED) is 0.316. The second kappa shape index (κ2) is 10.6. The Morgan fingerprint density at radius 1 is 1.11 bits per heavy atom. The number of hydrogen-bond donors (Lipinski definition) is 2. The predicted molar refractivity (Wildman–Crippen MR) is 133 cm³/mol. The molecule has 1 aliphatic rings. The topological polar surface area (TPSA) is 133 Å². The molecular formula is C22H16Cl3F2N9O2.